The number of carbonyl (C=O) groups is 1. The second kappa shape index (κ2) is 10.0. The highest BCUT2D eigenvalue weighted by Gasteiger charge is 2.26. The molecule has 3 aromatic carbocycles. The van der Waals surface area contributed by atoms with Crippen molar-refractivity contribution in [3.05, 3.63) is 47.0 Å². The first kappa shape index (κ1) is 25.2. The highest BCUT2D eigenvalue weighted by Crippen LogP contribution is 2.49. The maximum absolute atomic E-state index is 13.2. The van der Waals surface area contributed by atoms with Crippen molar-refractivity contribution in [3.8, 4) is 0 Å². The van der Waals surface area contributed by atoms with Crippen LogP contribution in [0.15, 0.2) is 45.0 Å². The summed E-state index contributed by atoms with van der Waals surface area (Å²) in [5.41, 5.74) is 4.62. The van der Waals surface area contributed by atoms with Gasteiger partial charge in [0.15, 0.2) is 0 Å². The summed E-state index contributed by atoms with van der Waals surface area (Å²) >= 11 is 11.2. The predicted molar refractivity (Wildman–Crippen MR) is 165 cm³/mol. The van der Waals surface area contributed by atoms with Crippen molar-refractivity contribution in [2.45, 2.75) is 27.0 Å². The molecule has 1 amide bonds. The van der Waals surface area contributed by atoms with Crippen LogP contribution < -0.4 is 37.2 Å². The standard InChI is InChI=1S/C21H23N2OP5S3/c1-7-2-4-9-11(6-7)32-21(23-9)8-3-5-10(19(31)18(8)30)22-20(24)12-13(25)15(27)17(29)16(28)14(12)26/h2-6,21,23,30-31H,25-29H2,1H3,(H,22,24). The lowest BCUT2D eigenvalue weighted by atomic mass is 10.1. The zero-order valence-corrected chi connectivity index (χ0v) is 25.4. The summed E-state index contributed by atoms with van der Waals surface area (Å²) in [7, 11) is 13.5. The van der Waals surface area contributed by atoms with Gasteiger partial charge in [-0.2, -0.15) is 0 Å². The van der Waals surface area contributed by atoms with Gasteiger partial charge in [0.1, 0.15) is 5.37 Å². The molecule has 0 fully saturated rings. The van der Waals surface area contributed by atoms with Crippen LogP contribution in [0.1, 0.15) is 26.9 Å². The number of benzene rings is 3. The summed E-state index contributed by atoms with van der Waals surface area (Å²) in [6.07, 6.45) is 0. The topological polar surface area (TPSA) is 41.1 Å². The fraction of sp³-hybridized carbons (Fsp3) is 0.0952. The van der Waals surface area contributed by atoms with Gasteiger partial charge in [-0.1, -0.05) is 23.9 Å². The molecule has 166 valence electrons. The molecule has 1 heterocycles. The molecular weight excluding hydrogens is 547 g/mol. The zero-order chi connectivity index (χ0) is 23.3. The number of fused-ring (bicyclic) bond motifs is 1. The van der Waals surface area contributed by atoms with Crippen molar-refractivity contribution in [3.63, 3.8) is 0 Å². The first-order valence-corrected chi connectivity index (χ1v) is 14.2. The van der Waals surface area contributed by atoms with E-state index in [2.05, 4.69) is 82.0 Å². The fourth-order valence-electron chi connectivity index (χ4n) is 3.47. The predicted octanol–water partition coefficient (Wildman–Crippen LogP) is 3.54. The molecule has 1 aliphatic heterocycles. The van der Waals surface area contributed by atoms with E-state index in [1.165, 1.54) is 10.5 Å². The molecule has 0 spiro atoms. The second-order valence-corrected chi connectivity index (χ2v) is 12.4. The van der Waals surface area contributed by atoms with Crippen LogP contribution in [-0.2, 0) is 0 Å². The van der Waals surface area contributed by atoms with Crippen molar-refractivity contribution in [2.24, 2.45) is 0 Å². The number of thiol groups is 2. The first-order chi connectivity index (χ1) is 15.1. The molecule has 1 aliphatic rings. The lowest BCUT2D eigenvalue weighted by molar-refractivity contribution is 0.102. The smallest absolute Gasteiger partial charge is 0.257 e. The van der Waals surface area contributed by atoms with Crippen LogP contribution in [0.3, 0.4) is 0 Å². The number of hydrogen-bond acceptors (Lipinski definition) is 5. The van der Waals surface area contributed by atoms with E-state index in [4.69, 9.17) is 25.3 Å². The Labute approximate surface area is 215 Å². The monoisotopic (exact) mass is 570 g/mol. The van der Waals surface area contributed by atoms with Crippen LogP contribution in [0.4, 0.5) is 11.4 Å². The average molecular weight is 570 g/mol. The number of carbonyl (C=O) groups excluding carboxylic acids is 1. The molecule has 3 aromatic rings. The Morgan fingerprint density at radius 1 is 0.938 bits per heavy atom. The van der Waals surface area contributed by atoms with E-state index in [0.29, 0.717) is 16.1 Å². The van der Waals surface area contributed by atoms with E-state index < -0.39 is 0 Å². The quantitative estimate of drug-likeness (QED) is 0.288. The van der Waals surface area contributed by atoms with Crippen LogP contribution in [0.2, 0.25) is 0 Å². The lowest BCUT2D eigenvalue weighted by Gasteiger charge is -2.20. The third kappa shape index (κ3) is 4.65. The summed E-state index contributed by atoms with van der Waals surface area (Å²) in [6, 6.07) is 10.3. The van der Waals surface area contributed by atoms with Crippen molar-refractivity contribution in [1.29, 1.82) is 0 Å². The molecule has 3 nitrogen and oxygen atoms in total. The number of nitrogens with one attached hydrogen (secondary N) is 2. The Bertz CT molecular complexity index is 1260. The maximum Gasteiger partial charge on any atom is 0.257 e. The van der Waals surface area contributed by atoms with E-state index in [9.17, 15) is 4.79 Å². The third-order valence-electron chi connectivity index (χ3n) is 5.31. The molecule has 0 aliphatic carbocycles. The van der Waals surface area contributed by atoms with E-state index in [1.54, 1.807) is 11.8 Å². The van der Waals surface area contributed by atoms with Crippen molar-refractivity contribution in [1.82, 2.24) is 0 Å². The third-order valence-corrected chi connectivity index (χ3v) is 12.0. The maximum atomic E-state index is 13.2. The van der Waals surface area contributed by atoms with E-state index in [-0.39, 0.29) is 11.3 Å². The van der Waals surface area contributed by atoms with Gasteiger partial charge in [-0.05, 0) is 62.8 Å². The largest absolute Gasteiger partial charge is 0.368 e. The van der Waals surface area contributed by atoms with E-state index >= 15 is 0 Å². The number of aryl methyl sites for hydroxylation is 1. The summed E-state index contributed by atoms with van der Waals surface area (Å²) < 4.78 is 0. The Morgan fingerprint density at radius 2 is 1.56 bits per heavy atom. The molecule has 6 unspecified atom stereocenters. The number of amides is 1. The van der Waals surface area contributed by atoms with Gasteiger partial charge in [0.25, 0.3) is 5.91 Å². The Hall–Kier alpha value is 0.130. The molecule has 0 bridgehead atoms. The van der Waals surface area contributed by atoms with Gasteiger partial charge in [-0.3, -0.25) is 4.79 Å². The van der Waals surface area contributed by atoms with E-state index in [1.807, 2.05) is 12.1 Å². The zero-order valence-electron chi connectivity index (χ0n) is 17.1. The summed E-state index contributed by atoms with van der Waals surface area (Å²) in [4.78, 5) is 15.8. The number of rotatable bonds is 3. The fourth-order valence-corrected chi connectivity index (χ4v) is 7.88. The number of thioether (sulfide) groups is 1. The SMILES string of the molecule is Cc1ccc2c(c1)SC(c1ccc(NC(=O)c3c(P)c(P)c(P)c(P)c3P)c(S)c1S)N2. The summed E-state index contributed by atoms with van der Waals surface area (Å²) in [5.74, 6) is -0.190. The highest BCUT2D eigenvalue weighted by molar-refractivity contribution is 8.00. The Morgan fingerprint density at radius 3 is 2.22 bits per heavy atom. The number of hydrogen-bond donors (Lipinski definition) is 4. The second-order valence-electron chi connectivity index (χ2n) is 7.44. The summed E-state index contributed by atoms with van der Waals surface area (Å²) in [6.45, 7) is 2.09. The minimum atomic E-state index is -0.190. The molecule has 6 atom stereocenters. The van der Waals surface area contributed by atoms with Crippen molar-refractivity contribution in [2.75, 3.05) is 10.6 Å². The molecule has 32 heavy (non-hydrogen) atoms. The first-order valence-electron chi connectivity index (χ1n) is 9.51. The van der Waals surface area contributed by atoms with Gasteiger partial charge in [0.05, 0.1) is 11.3 Å². The summed E-state index contributed by atoms with van der Waals surface area (Å²) in [5, 5.41) is 11.3. The van der Waals surface area contributed by atoms with Crippen LogP contribution in [0, 0.1) is 6.92 Å². The molecule has 2 N–H and O–H groups in total. The Balaban J connectivity index is 1.62. The highest BCUT2D eigenvalue weighted by atomic mass is 32.2. The van der Waals surface area contributed by atoms with Crippen molar-refractivity contribution < 1.29 is 4.79 Å². The normalized spacial score (nSPS) is 14.8. The molecule has 4 rings (SSSR count). The van der Waals surface area contributed by atoms with Gasteiger partial charge < -0.3 is 10.6 Å². The Kier molecular flexibility index (Phi) is 7.89. The van der Waals surface area contributed by atoms with E-state index in [0.717, 1.165) is 42.7 Å². The molecule has 0 radical (unpaired) electrons. The van der Waals surface area contributed by atoms with Gasteiger partial charge in [-0.15, -0.1) is 71.5 Å². The van der Waals surface area contributed by atoms with Crippen molar-refractivity contribution >= 4 is 127 Å². The van der Waals surface area contributed by atoms with Crippen LogP contribution in [0.25, 0.3) is 0 Å². The van der Waals surface area contributed by atoms with Gasteiger partial charge in [0, 0.05) is 20.4 Å². The molecule has 0 saturated carbocycles. The minimum absolute atomic E-state index is 0.0428. The molecular formula is C21H23N2OP5S3. The van der Waals surface area contributed by atoms with Gasteiger partial charge >= 0.3 is 0 Å². The minimum Gasteiger partial charge on any atom is -0.368 e. The van der Waals surface area contributed by atoms with Crippen LogP contribution >= 0.6 is 83.2 Å². The van der Waals surface area contributed by atoms with Gasteiger partial charge in [-0.25, -0.2) is 0 Å². The van der Waals surface area contributed by atoms with Crippen LogP contribution in [-0.4, -0.2) is 5.91 Å². The lowest BCUT2D eigenvalue weighted by Crippen LogP contribution is -2.45. The molecule has 11 heteroatoms. The molecule has 0 saturated heterocycles. The number of anilines is 2. The van der Waals surface area contributed by atoms with Crippen LogP contribution in [0.5, 0.6) is 0 Å². The average Bonchev–Trinajstić information content (AvgIpc) is 3.17. The molecule has 0 aromatic heterocycles. The van der Waals surface area contributed by atoms with Gasteiger partial charge in [0.2, 0.25) is 0 Å².